The van der Waals surface area contributed by atoms with E-state index in [2.05, 4.69) is 43.2 Å². The lowest BCUT2D eigenvalue weighted by molar-refractivity contribution is 0.604. The maximum absolute atomic E-state index is 13.8. The molecule has 0 bridgehead atoms. The van der Waals surface area contributed by atoms with E-state index in [0.29, 0.717) is 11.1 Å². The van der Waals surface area contributed by atoms with E-state index in [0.717, 1.165) is 20.1 Å². The van der Waals surface area contributed by atoms with Gasteiger partial charge in [0, 0.05) is 8.95 Å². The average molecular weight is 401 g/mol. The standard InChI is InChI=1S/C16H16Br2FN/c1-9-6-11(7-10(2)15(9)19)16(20-3)13-8-12(17)4-5-14(13)18/h4-8,16,20H,1-3H3. The minimum Gasteiger partial charge on any atom is -0.309 e. The third kappa shape index (κ3) is 3.13. The van der Waals surface area contributed by atoms with Crippen LogP contribution in [0.3, 0.4) is 0 Å². The van der Waals surface area contributed by atoms with Crippen molar-refractivity contribution in [2.45, 2.75) is 19.9 Å². The van der Waals surface area contributed by atoms with Gasteiger partial charge in [0.15, 0.2) is 0 Å². The van der Waals surface area contributed by atoms with Gasteiger partial charge in [-0.15, -0.1) is 0 Å². The third-order valence-electron chi connectivity index (χ3n) is 3.35. The lowest BCUT2D eigenvalue weighted by Crippen LogP contribution is -2.18. The molecule has 0 saturated carbocycles. The summed E-state index contributed by atoms with van der Waals surface area (Å²) in [7, 11) is 1.91. The number of benzene rings is 2. The van der Waals surface area contributed by atoms with Crippen molar-refractivity contribution in [1.29, 1.82) is 0 Å². The van der Waals surface area contributed by atoms with E-state index in [-0.39, 0.29) is 11.9 Å². The van der Waals surface area contributed by atoms with Gasteiger partial charge in [0.1, 0.15) is 5.82 Å². The Bertz CT molecular complexity index is 617. The summed E-state index contributed by atoms with van der Waals surface area (Å²) < 4.78 is 15.8. The lowest BCUT2D eigenvalue weighted by Gasteiger charge is -2.20. The number of aryl methyl sites for hydroxylation is 2. The zero-order chi connectivity index (χ0) is 14.9. The fourth-order valence-electron chi connectivity index (χ4n) is 2.38. The fourth-order valence-corrected chi connectivity index (χ4v) is 3.24. The van der Waals surface area contributed by atoms with Gasteiger partial charge in [-0.2, -0.15) is 0 Å². The van der Waals surface area contributed by atoms with Gasteiger partial charge in [0.05, 0.1) is 6.04 Å². The second-order valence-electron chi connectivity index (χ2n) is 4.86. The molecule has 0 amide bonds. The van der Waals surface area contributed by atoms with E-state index < -0.39 is 0 Å². The molecule has 2 rings (SSSR count). The highest BCUT2D eigenvalue weighted by Crippen LogP contribution is 2.32. The number of hydrogen-bond acceptors (Lipinski definition) is 1. The van der Waals surface area contributed by atoms with Crippen LogP contribution in [-0.2, 0) is 0 Å². The summed E-state index contributed by atoms with van der Waals surface area (Å²) in [5.41, 5.74) is 3.52. The number of hydrogen-bond donors (Lipinski definition) is 1. The third-order valence-corrected chi connectivity index (χ3v) is 4.57. The molecule has 20 heavy (non-hydrogen) atoms. The van der Waals surface area contributed by atoms with E-state index in [1.54, 1.807) is 13.8 Å². The zero-order valence-corrected chi connectivity index (χ0v) is 14.8. The monoisotopic (exact) mass is 399 g/mol. The molecule has 0 aliphatic rings. The predicted octanol–water partition coefficient (Wildman–Crippen LogP) is 5.28. The summed E-state index contributed by atoms with van der Waals surface area (Å²) in [6.07, 6.45) is 0. The minimum atomic E-state index is -0.128. The Kier molecular flexibility index (Phi) is 4.99. The number of nitrogens with one attached hydrogen (secondary N) is 1. The summed E-state index contributed by atoms with van der Waals surface area (Å²) in [4.78, 5) is 0. The highest BCUT2D eigenvalue weighted by atomic mass is 79.9. The molecule has 0 saturated heterocycles. The lowest BCUT2D eigenvalue weighted by atomic mass is 9.95. The summed E-state index contributed by atoms with van der Waals surface area (Å²) in [6, 6.07) is 9.88. The first-order chi connectivity index (χ1) is 9.43. The maximum atomic E-state index is 13.8. The van der Waals surface area contributed by atoms with Crippen molar-refractivity contribution in [3.63, 3.8) is 0 Å². The van der Waals surface area contributed by atoms with Gasteiger partial charge >= 0.3 is 0 Å². The molecule has 106 valence electrons. The van der Waals surface area contributed by atoms with E-state index in [1.807, 2.05) is 31.3 Å². The van der Waals surface area contributed by atoms with Crippen molar-refractivity contribution in [2.24, 2.45) is 0 Å². The van der Waals surface area contributed by atoms with Crippen LogP contribution in [0.1, 0.15) is 28.3 Å². The molecule has 0 aliphatic heterocycles. The molecule has 1 nitrogen and oxygen atoms in total. The van der Waals surface area contributed by atoms with E-state index in [4.69, 9.17) is 0 Å². The summed E-state index contributed by atoms with van der Waals surface area (Å²) in [6.45, 7) is 3.60. The van der Waals surface area contributed by atoms with Crippen molar-refractivity contribution >= 4 is 31.9 Å². The Hall–Kier alpha value is -0.710. The van der Waals surface area contributed by atoms with Crippen LogP contribution < -0.4 is 5.32 Å². The van der Waals surface area contributed by atoms with Crippen LogP contribution in [0.4, 0.5) is 4.39 Å². The Morgan fingerprint density at radius 3 is 2.20 bits per heavy atom. The largest absolute Gasteiger partial charge is 0.309 e. The topological polar surface area (TPSA) is 12.0 Å². The molecule has 2 aromatic rings. The number of halogens is 3. The first kappa shape index (κ1) is 15.7. The van der Waals surface area contributed by atoms with Crippen LogP contribution in [0.5, 0.6) is 0 Å². The summed E-state index contributed by atoms with van der Waals surface area (Å²) >= 11 is 7.08. The average Bonchev–Trinajstić information content (AvgIpc) is 2.40. The first-order valence-electron chi connectivity index (χ1n) is 6.33. The Balaban J connectivity index is 2.55. The van der Waals surface area contributed by atoms with Gasteiger partial charge in [-0.05, 0) is 61.3 Å². The molecule has 0 spiro atoms. The SMILES string of the molecule is CNC(c1cc(C)c(F)c(C)c1)c1cc(Br)ccc1Br. The van der Waals surface area contributed by atoms with E-state index >= 15 is 0 Å². The van der Waals surface area contributed by atoms with Gasteiger partial charge in [-0.3, -0.25) is 0 Å². The molecule has 0 aliphatic carbocycles. The van der Waals surface area contributed by atoms with Crippen LogP contribution in [0.2, 0.25) is 0 Å². The van der Waals surface area contributed by atoms with Crippen LogP contribution in [0, 0.1) is 19.7 Å². The summed E-state index contributed by atoms with van der Waals surface area (Å²) in [5.74, 6) is -0.128. The normalized spacial score (nSPS) is 12.5. The Morgan fingerprint density at radius 2 is 1.65 bits per heavy atom. The Morgan fingerprint density at radius 1 is 1.05 bits per heavy atom. The van der Waals surface area contributed by atoms with Gasteiger partial charge in [0.2, 0.25) is 0 Å². The Labute approximate surface area is 135 Å². The predicted molar refractivity (Wildman–Crippen MR) is 88.6 cm³/mol. The highest BCUT2D eigenvalue weighted by molar-refractivity contribution is 9.11. The van der Waals surface area contributed by atoms with Crippen LogP contribution in [0.25, 0.3) is 0 Å². The molecule has 0 heterocycles. The maximum Gasteiger partial charge on any atom is 0.129 e. The minimum absolute atomic E-state index is 0.0138. The fraction of sp³-hybridized carbons (Fsp3) is 0.250. The van der Waals surface area contributed by atoms with E-state index in [1.165, 1.54) is 0 Å². The van der Waals surface area contributed by atoms with Crippen molar-refractivity contribution in [3.05, 3.63) is 67.3 Å². The second-order valence-corrected chi connectivity index (χ2v) is 6.63. The van der Waals surface area contributed by atoms with Gasteiger partial charge in [0.25, 0.3) is 0 Å². The van der Waals surface area contributed by atoms with Gasteiger partial charge in [-0.1, -0.05) is 44.0 Å². The van der Waals surface area contributed by atoms with Crippen molar-refractivity contribution < 1.29 is 4.39 Å². The van der Waals surface area contributed by atoms with Crippen molar-refractivity contribution in [3.8, 4) is 0 Å². The number of rotatable bonds is 3. The van der Waals surface area contributed by atoms with Crippen LogP contribution in [-0.4, -0.2) is 7.05 Å². The van der Waals surface area contributed by atoms with Crippen molar-refractivity contribution in [2.75, 3.05) is 7.05 Å². The summed E-state index contributed by atoms with van der Waals surface area (Å²) in [5, 5.41) is 3.30. The van der Waals surface area contributed by atoms with Crippen LogP contribution >= 0.6 is 31.9 Å². The van der Waals surface area contributed by atoms with Gasteiger partial charge < -0.3 is 5.32 Å². The molecule has 0 fully saturated rings. The van der Waals surface area contributed by atoms with Gasteiger partial charge in [-0.25, -0.2) is 4.39 Å². The smallest absolute Gasteiger partial charge is 0.129 e. The van der Waals surface area contributed by atoms with E-state index in [9.17, 15) is 4.39 Å². The molecule has 0 radical (unpaired) electrons. The van der Waals surface area contributed by atoms with Crippen molar-refractivity contribution in [1.82, 2.24) is 5.32 Å². The molecule has 1 atom stereocenters. The molecule has 0 aromatic heterocycles. The second kappa shape index (κ2) is 6.37. The highest BCUT2D eigenvalue weighted by Gasteiger charge is 2.17. The molecule has 1 unspecified atom stereocenters. The quantitative estimate of drug-likeness (QED) is 0.739. The first-order valence-corrected chi connectivity index (χ1v) is 7.91. The molecule has 1 N–H and O–H groups in total. The molecule has 4 heteroatoms. The van der Waals surface area contributed by atoms with Crippen LogP contribution in [0.15, 0.2) is 39.3 Å². The molecule has 2 aromatic carbocycles. The molecular weight excluding hydrogens is 385 g/mol. The molecular formula is C16H16Br2FN. The zero-order valence-electron chi connectivity index (χ0n) is 11.6.